The van der Waals surface area contributed by atoms with Crippen LogP contribution in [0.2, 0.25) is 0 Å². The second kappa shape index (κ2) is 6.10. The highest BCUT2D eigenvalue weighted by Crippen LogP contribution is 1.97. The molecule has 0 aliphatic heterocycles. The van der Waals surface area contributed by atoms with Crippen LogP contribution in [-0.2, 0) is 9.53 Å². The maximum Gasteiger partial charge on any atom is 0.152 e. The molecule has 0 aliphatic rings. The predicted molar refractivity (Wildman–Crippen MR) is 45.5 cm³/mol. The van der Waals surface area contributed by atoms with E-state index >= 15 is 0 Å². The highest BCUT2D eigenvalue weighted by atomic mass is 16.5. The first kappa shape index (κ1) is 10.4. The zero-order valence-corrected chi connectivity index (χ0v) is 7.46. The van der Waals surface area contributed by atoms with Crippen molar-refractivity contribution in [1.29, 1.82) is 0 Å². The number of allylic oxidation sites excluding steroid dienone is 1. The molecule has 0 aromatic heterocycles. The van der Waals surface area contributed by atoms with Crippen molar-refractivity contribution in [3.63, 3.8) is 0 Å². The summed E-state index contributed by atoms with van der Waals surface area (Å²) in [6, 6.07) is 0. The molecule has 0 fully saturated rings. The van der Waals surface area contributed by atoms with Gasteiger partial charge in [-0.3, -0.25) is 4.79 Å². The molecule has 0 rings (SSSR count). The van der Waals surface area contributed by atoms with Crippen LogP contribution in [0.3, 0.4) is 0 Å². The van der Waals surface area contributed by atoms with Crippen LogP contribution in [0, 0.1) is 0 Å². The summed E-state index contributed by atoms with van der Waals surface area (Å²) in [6.07, 6.45) is 4.46. The van der Waals surface area contributed by atoms with Crippen LogP contribution in [0.1, 0.15) is 27.2 Å². The summed E-state index contributed by atoms with van der Waals surface area (Å²) in [5.41, 5.74) is 0. The van der Waals surface area contributed by atoms with Crippen molar-refractivity contribution in [2.24, 2.45) is 0 Å². The third-order valence-electron chi connectivity index (χ3n) is 1.27. The Kier molecular flexibility index (Phi) is 5.75. The highest BCUT2D eigenvalue weighted by Gasteiger charge is 1.95. The molecule has 0 bridgehead atoms. The van der Waals surface area contributed by atoms with E-state index in [4.69, 9.17) is 4.74 Å². The Morgan fingerprint density at radius 1 is 1.64 bits per heavy atom. The molecule has 1 unspecified atom stereocenters. The number of carbonyl (C=O) groups excluding carboxylic acids is 1. The van der Waals surface area contributed by atoms with Gasteiger partial charge in [-0.15, -0.1) is 0 Å². The first-order valence-electron chi connectivity index (χ1n) is 3.95. The van der Waals surface area contributed by atoms with Gasteiger partial charge in [0, 0.05) is 6.61 Å². The van der Waals surface area contributed by atoms with Gasteiger partial charge in [-0.05, 0) is 33.3 Å². The summed E-state index contributed by atoms with van der Waals surface area (Å²) in [7, 11) is 0. The molecule has 0 aromatic rings. The standard InChI is InChI=1S/C9H16O2/c1-4-11-9(3)7-5-6-8(2)10/h5-6,9H,4,7H2,1-3H3/b6-5+. The zero-order valence-electron chi connectivity index (χ0n) is 7.46. The predicted octanol–water partition coefficient (Wildman–Crippen LogP) is 1.95. The van der Waals surface area contributed by atoms with Gasteiger partial charge in [0.15, 0.2) is 5.78 Å². The van der Waals surface area contributed by atoms with Crippen LogP contribution in [0.5, 0.6) is 0 Å². The summed E-state index contributed by atoms with van der Waals surface area (Å²) in [5.74, 6) is 0.0914. The maximum atomic E-state index is 10.5. The van der Waals surface area contributed by atoms with E-state index in [-0.39, 0.29) is 11.9 Å². The minimum atomic E-state index is 0.0914. The molecule has 0 saturated carbocycles. The van der Waals surface area contributed by atoms with Crippen molar-refractivity contribution in [3.05, 3.63) is 12.2 Å². The second-order valence-electron chi connectivity index (χ2n) is 2.51. The maximum absolute atomic E-state index is 10.5. The van der Waals surface area contributed by atoms with Crippen LogP contribution in [0.15, 0.2) is 12.2 Å². The molecule has 0 amide bonds. The topological polar surface area (TPSA) is 26.3 Å². The van der Waals surface area contributed by atoms with Crippen LogP contribution in [0.25, 0.3) is 0 Å². The minimum Gasteiger partial charge on any atom is -0.378 e. The summed E-state index contributed by atoms with van der Waals surface area (Å²) >= 11 is 0. The van der Waals surface area contributed by atoms with Gasteiger partial charge in [-0.2, -0.15) is 0 Å². The molecular formula is C9H16O2. The molecule has 0 aliphatic carbocycles. The second-order valence-corrected chi connectivity index (χ2v) is 2.51. The van der Waals surface area contributed by atoms with Crippen LogP contribution >= 0.6 is 0 Å². The van der Waals surface area contributed by atoms with Crippen molar-refractivity contribution < 1.29 is 9.53 Å². The van der Waals surface area contributed by atoms with Crippen LogP contribution < -0.4 is 0 Å². The Hall–Kier alpha value is -0.630. The number of rotatable bonds is 5. The Morgan fingerprint density at radius 3 is 2.73 bits per heavy atom. The van der Waals surface area contributed by atoms with Crippen molar-refractivity contribution in [2.75, 3.05) is 6.61 Å². The fourth-order valence-electron chi connectivity index (χ4n) is 0.778. The average Bonchev–Trinajstić information content (AvgIpc) is 1.87. The molecule has 2 heteroatoms. The first-order chi connectivity index (χ1) is 5.16. The largest absolute Gasteiger partial charge is 0.378 e. The van der Waals surface area contributed by atoms with E-state index in [1.165, 1.54) is 0 Å². The summed E-state index contributed by atoms with van der Waals surface area (Å²) in [4.78, 5) is 10.5. The summed E-state index contributed by atoms with van der Waals surface area (Å²) in [5, 5.41) is 0. The van der Waals surface area contributed by atoms with Crippen molar-refractivity contribution >= 4 is 5.78 Å². The Balaban J connectivity index is 3.44. The fraction of sp³-hybridized carbons (Fsp3) is 0.667. The molecular weight excluding hydrogens is 140 g/mol. The molecule has 11 heavy (non-hydrogen) atoms. The van der Waals surface area contributed by atoms with E-state index in [9.17, 15) is 4.79 Å². The quantitative estimate of drug-likeness (QED) is 0.569. The molecule has 0 heterocycles. The molecule has 0 saturated heterocycles. The van der Waals surface area contributed by atoms with Crippen molar-refractivity contribution in [2.45, 2.75) is 33.3 Å². The van der Waals surface area contributed by atoms with Gasteiger partial charge in [0.1, 0.15) is 0 Å². The Bertz CT molecular complexity index is 138. The number of hydrogen-bond donors (Lipinski definition) is 0. The van der Waals surface area contributed by atoms with Gasteiger partial charge in [0.05, 0.1) is 6.10 Å². The Labute approximate surface area is 68.2 Å². The monoisotopic (exact) mass is 156 g/mol. The third-order valence-corrected chi connectivity index (χ3v) is 1.27. The Morgan fingerprint density at radius 2 is 2.27 bits per heavy atom. The lowest BCUT2D eigenvalue weighted by molar-refractivity contribution is -0.112. The SMILES string of the molecule is CCOC(C)C/C=C/C(C)=O. The highest BCUT2D eigenvalue weighted by molar-refractivity contribution is 5.87. The van der Waals surface area contributed by atoms with Crippen molar-refractivity contribution in [3.8, 4) is 0 Å². The van der Waals surface area contributed by atoms with E-state index in [1.807, 2.05) is 19.9 Å². The third kappa shape index (κ3) is 7.26. The van der Waals surface area contributed by atoms with E-state index in [0.717, 1.165) is 13.0 Å². The number of ether oxygens (including phenoxy) is 1. The minimum absolute atomic E-state index is 0.0914. The van der Waals surface area contributed by atoms with E-state index in [2.05, 4.69) is 0 Å². The smallest absolute Gasteiger partial charge is 0.152 e. The molecule has 0 spiro atoms. The van der Waals surface area contributed by atoms with Gasteiger partial charge in [-0.1, -0.05) is 6.08 Å². The molecule has 0 radical (unpaired) electrons. The number of hydrogen-bond acceptors (Lipinski definition) is 2. The zero-order chi connectivity index (χ0) is 8.69. The van der Waals surface area contributed by atoms with E-state index in [0.29, 0.717) is 0 Å². The fourth-order valence-corrected chi connectivity index (χ4v) is 0.778. The van der Waals surface area contributed by atoms with Gasteiger partial charge in [0.25, 0.3) is 0 Å². The lowest BCUT2D eigenvalue weighted by Crippen LogP contribution is -2.05. The molecule has 1 atom stereocenters. The molecule has 0 N–H and O–H groups in total. The molecule has 0 aromatic carbocycles. The van der Waals surface area contributed by atoms with Gasteiger partial charge < -0.3 is 4.74 Å². The molecule has 2 nitrogen and oxygen atoms in total. The van der Waals surface area contributed by atoms with Crippen molar-refractivity contribution in [1.82, 2.24) is 0 Å². The lowest BCUT2D eigenvalue weighted by atomic mass is 10.2. The number of ketones is 1. The summed E-state index contributed by atoms with van der Waals surface area (Å²) in [6.45, 7) is 6.23. The number of carbonyl (C=O) groups is 1. The van der Waals surface area contributed by atoms with E-state index in [1.54, 1.807) is 13.0 Å². The van der Waals surface area contributed by atoms with Crippen LogP contribution in [0.4, 0.5) is 0 Å². The van der Waals surface area contributed by atoms with Gasteiger partial charge >= 0.3 is 0 Å². The average molecular weight is 156 g/mol. The van der Waals surface area contributed by atoms with Gasteiger partial charge in [0.2, 0.25) is 0 Å². The summed E-state index contributed by atoms with van der Waals surface area (Å²) < 4.78 is 5.26. The normalized spacial score (nSPS) is 13.7. The first-order valence-corrected chi connectivity index (χ1v) is 3.95. The van der Waals surface area contributed by atoms with Crippen LogP contribution in [-0.4, -0.2) is 18.5 Å². The van der Waals surface area contributed by atoms with Gasteiger partial charge in [-0.25, -0.2) is 0 Å². The lowest BCUT2D eigenvalue weighted by Gasteiger charge is -2.06. The van der Waals surface area contributed by atoms with E-state index < -0.39 is 0 Å². The molecule has 64 valence electrons.